The molecular formula is C39H50F2O5. The summed E-state index contributed by atoms with van der Waals surface area (Å²) >= 11 is 0. The maximum Gasteiger partial charge on any atom is 0.343 e. The van der Waals surface area contributed by atoms with E-state index in [0.717, 1.165) is 25.3 Å². The number of unbranched alkanes of at least 4 members (excludes halogenated alkanes) is 11. The first-order chi connectivity index (χ1) is 22.3. The van der Waals surface area contributed by atoms with Crippen LogP contribution in [0.3, 0.4) is 0 Å². The van der Waals surface area contributed by atoms with Crippen molar-refractivity contribution in [2.45, 2.75) is 104 Å². The topological polar surface area (TPSA) is 61.8 Å². The highest BCUT2D eigenvalue weighted by Crippen LogP contribution is 2.27. The fourth-order valence-electron chi connectivity index (χ4n) is 5.01. The molecule has 0 spiro atoms. The van der Waals surface area contributed by atoms with E-state index in [2.05, 4.69) is 6.92 Å². The van der Waals surface area contributed by atoms with Crippen LogP contribution in [0.2, 0.25) is 0 Å². The summed E-state index contributed by atoms with van der Waals surface area (Å²) in [6, 6.07) is 14.8. The van der Waals surface area contributed by atoms with E-state index in [0.29, 0.717) is 17.7 Å². The molecule has 3 aromatic carbocycles. The van der Waals surface area contributed by atoms with Gasteiger partial charge in [0.25, 0.3) is 0 Å². The van der Waals surface area contributed by atoms with Crippen LogP contribution in [0, 0.1) is 17.6 Å². The molecule has 0 aromatic heterocycles. The highest BCUT2D eigenvalue weighted by molar-refractivity contribution is 5.92. The Morgan fingerprint density at radius 2 is 1.17 bits per heavy atom. The lowest BCUT2D eigenvalue weighted by Crippen LogP contribution is -2.13. The van der Waals surface area contributed by atoms with Gasteiger partial charge in [0.15, 0.2) is 23.1 Å². The van der Waals surface area contributed by atoms with Crippen molar-refractivity contribution in [2.24, 2.45) is 5.92 Å². The SMILES string of the molecule is CCCCCCCCCCCCCCOc1ccc(-c2ccc(C(=O)Oc3ccc(C(=O)OCC(C)CC)cc3F)cc2)cc1F. The van der Waals surface area contributed by atoms with Crippen LogP contribution in [0.15, 0.2) is 60.7 Å². The average molecular weight is 637 g/mol. The van der Waals surface area contributed by atoms with Gasteiger partial charge in [-0.3, -0.25) is 0 Å². The number of ether oxygens (including phenoxy) is 3. The first-order valence-corrected chi connectivity index (χ1v) is 17.0. The van der Waals surface area contributed by atoms with Gasteiger partial charge < -0.3 is 14.2 Å². The lowest BCUT2D eigenvalue weighted by atomic mass is 10.0. The Bertz CT molecular complexity index is 1350. The molecule has 250 valence electrons. The van der Waals surface area contributed by atoms with Gasteiger partial charge in [-0.05, 0) is 65.9 Å². The number of hydrogen-bond donors (Lipinski definition) is 0. The summed E-state index contributed by atoms with van der Waals surface area (Å²) in [7, 11) is 0. The summed E-state index contributed by atoms with van der Waals surface area (Å²) in [5.74, 6) is -2.56. The molecule has 7 heteroatoms. The smallest absolute Gasteiger partial charge is 0.343 e. The predicted molar refractivity (Wildman–Crippen MR) is 180 cm³/mol. The molecule has 0 fully saturated rings. The fourth-order valence-corrected chi connectivity index (χ4v) is 5.01. The highest BCUT2D eigenvalue weighted by atomic mass is 19.1. The van der Waals surface area contributed by atoms with Crippen molar-refractivity contribution in [3.8, 4) is 22.6 Å². The van der Waals surface area contributed by atoms with Gasteiger partial charge in [-0.1, -0.05) is 116 Å². The van der Waals surface area contributed by atoms with Crippen molar-refractivity contribution in [3.63, 3.8) is 0 Å². The number of carbonyl (C=O) groups excluding carboxylic acids is 2. The van der Waals surface area contributed by atoms with Crippen LogP contribution >= 0.6 is 0 Å². The maximum atomic E-state index is 14.8. The van der Waals surface area contributed by atoms with Crippen LogP contribution < -0.4 is 9.47 Å². The summed E-state index contributed by atoms with van der Waals surface area (Å²) in [5.41, 5.74) is 1.58. The number of benzene rings is 3. The summed E-state index contributed by atoms with van der Waals surface area (Å²) < 4.78 is 45.5. The molecule has 0 saturated heterocycles. The third-order valence-corrected chi connectivity index (χ3v) is 8.21. The second-order valence-corrected chi connectivity index (χ2v) is 12.1. The number of hydrogen-bond acceptors (Lipinski definition) is 5. The van der Waals surface area contributed by atoms with Gasteiger partial charge >= 0.3 is 11.9 Å². The first-order valence-electron chi connectivity index (χ1n) is 17.0. The quantitative estimate of drug-likeness (QED) is 0.0661. The predicted octanol–water partition coefficient (Wildman–Crippen LogP) is 11.1. The Kier molecular flexibility index (Phi) is 16.3. The molecule has 0 radical (unpaired) electrons. The summed E-state index contributed by atoms with van der Waals surface area (Å²) in [6.45, 7) is 6.91. The second-order valence-electron chi connectivity index (χ2n) is 12.1. The summed E-state index contributed by atoms with van der Waals surface area (Å²) in [5, 5.41) is 0. The van der Waals surface area contributed by atoms with Gasteiger partial charge in [-0.25, -0.2) is 18.4 Å². The van der Waals surface area contributed by atoms with E-state index < -0.39 is 23.6 Å². The molecule has 0 N–H and O–H groups in total. The van der Waals surface area contributed by atoms with E-state index in [9.17, 15) is 18.4 Å². The van der Waals surface area contributed by atoms with Crippen LogP contribution in [-0.4, -0.2) is 25.2 Å². The Morgan fingerprint density at radius 1 is 0.630 bits per heavy atom. The molecule has 5 nitrogen and oxygen atoms in total. The Hall–Kier alpha value is -3.74. The Labute approximate surface area is 273 Å². The van der Waals surface area contributed by atoms with Gasteiger partial charge in [0.1, 0.15) is 0 Å². The van der Waals surface area contributed by atoms with Crippen LogP contribution in [0.5, 0.6) is 11.5 Å². The lowest BCUT2D eigenvalue weighted by molar-refractivity contribution is 0.0446. The first kappa shape index (κ1) is 36.7. The summed E-state index contributed by atoms with van der Waals surface area (Å²) in [6.07, 6.45) is 16.0. The third-order valence-electron chi connectivity index (χ3n) is 8.21. The second kappa shape index (κ2) is 20.4. The van der Waals surface area contributed by atoms with Crippen LogP contribution in [0.25, 0.3) is 11.1 Å². The van der Waals surface area contributed by atoms with E-state index in [4.69, 9.17) is 14.2 Å². The zero-order valence-corrected chi connectivity index (χ0v) is 27.8. The molecule has 0 saturated carbocycles. The fraction of sp³-hybridized carbons (Fsp3) is 0.487. The van der Waals surface area contributed by atoms with Gasteiger partial charge in [0.2, 0.25) is 0 Å². The molecule has 0 heterocycles. The van der Waals surface area contributed by atoms with Crippen molar-refractivity contribution in [1.82, 2.24) is 0 Å². The van der Waals surface area contributed by atoms with E-state index in [1.165, 1.54) is 94.5 Å². The molecule has 1 atom stereocenters. The monoisotopic (exact) mass is 636 g/mol. The van der Waals surface area contributed by atoms with Crippen molar-refractivity contribution >= 4 is 11.9 Å². The molecule has 0 aliphatic carbocycles. The van der Waals surface area contributed by atoms with Crippen LogP contribution in [0.4, 0.5) is 8.78 Å². The van der Waals surface area contributed by atoms with Gasteiger partial charge in [0.05, 0.1) is 24.3 Å². The number of carbonyl (C=O) groups is 2. The lowest BCUT2D eigenvalue weighted by Gasteiger charge is -2.11. The highest BCUT2D eigenvalue weighted by Gasteiger charge is 2.16. The average Bonchev–Trinajstić information content (AvgIpc) is 3.07. The number of esters is 2. The van der Waals surface area contributed by atoms with Gasteiger partial charge in [0, 0.05) is 0 Å². The molecule has 0 amide bonds. The van der Waals surface area contributed by atoms with Gasteiger partial charge in [-0.15, -0.1) is 0 Å². The van der Waals surface area contributed by atoms with Crippen molar-refractivity contribution in [1.29, 1.82) is 0 Å². The van der Waals surface area contributed by atoms with Crippen LogP contribution in [0.1, 0.15) is 125 Å². The standard InChI is InChI=1S/C39H50F2O5/c1-4-6-7-8-9-10-11-12-13-14-15-16-25-44-36-23-21-32(26-34(36)40)30-17-19-31(20-18-30)39(43)46-37-24-22-33(27-35(37)41)38(42)45-28-29(3)5-2/h17-24,26-27,29H,4-16,25,28H2,1-3H3. The van der Waals surface area contributed by atoms with E-state index in [-0.39, 0.29) is 35.2 Å². The van der Waals surface area contributed by atoms with E-state index >= 15 is 0 Å². The van der Waals surface area contributed by atoms with Gasteiger partial charge in [-0.2, -0.15) is 0 Å². The normalized spacial score (nSPS) is 11.7. The van der Waals surface area contributed by atoms with Crippen molar-refractivity contribution < 1.29 is 32.6 Å². The third kappa shape index (κ3) is 12.6. The molecule has 1 unspecified atom stereocenters. The van der Waals surface area contributed by atoms with E-state index in [1.54, 1.807) is 24.3 Å². The molecule has 3 aromatic rings. The maximum absolute atomic E-state index is 14.8. The van der Waals surface area contributed by atoms with E-state index in [1.807, 2.05) is 13.8 Å². The molecule has 46 heavy (non-hydrogen) atoms. The molecule has 0 aliphatic rings. The zero-order valence-electron chi connectivity index (χ0n) is 27.8. The largest absolute Gasteiger partial charge is 0.491 e. The Morgan fingerprint density at radius 3 is 1.76 bits per heavy atom. The van der Waals surface area contributed by atoms with Crippen LogP contribution in [-0.2, 0) is 4.74 Å². The van der Waals surface area contributed by atoms with Crippen molar-refractivity contribution in [2.75, 3.05) is 13.2 Å². The number of halogens is 2. The zero-order chi connectivity index (χ0) is 33.1. The van der Waals surface area contributed by atoms with Crippen molar-refractivity contribution in [3.05, 3.63) is 83.4 Å². The molecule has 0 aliphatic heterocycles. The summed E-state index contributed by atoms with van der Waals surface area (Å²) in [4.78, 5) is 24.8. The molecule has 3 rings (SSSR count). The molecular weight excluding hydrogens is 586 g/mol. The minimum Gasteiger partial charge on any atom is -0.491 e. The molecule has 0 bridgehead atoms. The Balaban J connectivity index is 1.40. The minimum absolute atomic E-state index is 0.0398. The minimum atomic E-state index is -0.848. The number of rotatable bonds is 21.